The van der Waals surface area contributed by atoms with Crippen LogP contribution in [0.15, 0.2) is 0 Å². The second-order valence-electron chi connectivity index (χ2n) is 8.76. The summed E-state index contributed by atoms with van der Waals surface area (Å²) in [5.74, 6) is -2.05. The van der Waals surface area contributed by atoms with Crippen LogP contribution in [0.4, 0.5) is 0 Å². The summed E-state index contributed by atoms with van der Waals surface area (Å²) in [6.45, 7) is 6.98. The molecule has 168 valence electrons. The largest absolute Gasteiger partial charge is 0.463 e. The molecule has 0 aromatic heterocycles. The zero-order chi connectivity index (χ0) is 21.8. The van der Waals surface area contributed by atoms with Crippen LogP contribution < -0.4 is 0 Å². The Hall–Kier alpha value is -1.19. The van der Waals surface area contributed by atoms with Crippen LogP contribution in [-0.2, 0) is 33.9 Å². The summed E-state index contributed by atoms with van der Waals surface area (Å²) in [7, 11) is -4.45. The van der Waals surface area contributed by atoms with Crippen molar-refractivity contribution in [3.05, 3.63) is 0 Å². The van der Waals surface area contributed by atoms with Gasteiger partial charge in [0.1, 0.15) is 0 Å². The molecule has 2 atom stereocenters. The minimum absolute atomic E-state index is 0.199. The van der Waals surface area contributed by atoms with E-state index in [1.165, 1.54) is 0 Å². The van der Waals surface area contributed by atoms with E-state index in [1.54, 1.807) is 27.7 Å². The molecule has 2 rings (SSSR count). The van der Waals surface area contributed by atoms with Crippen LogP contribution in [0.5, 0.6) is 0 Å². The lowest BCUT2D eigenvalue weighted by Crippen LogP contribution is -2.48. The van der Waals surface area contributed by atoms with Crippen molar-refractivity contribution in [2.75, 3.05) is 0 Å². The van der Waals surface area contributed by atoms with Crippen molar-refractivity contribution in [1.29, 1.82) is 0 Å². The first-order valence-electron chi connectivity index (χ1n) is 10.5. The Morgan fingerprint density at radius 1 is 0.862 bits per heavy atom. The van der Waals surface area contributed by atoms with Gasteiger partial charge in [0.25, 0.3) is 10.1 Å². The zero-order valence-corrected chi connectivity index (χ0v) is 18.6. The molecular formula is C20H34O8S. The molecule has 29 heavy (non-hydrogen) atoms. The molecule has 0 spiro atoms. The second-order valence-corrected chi connectivity index (χ2v) is 10.5. The predicted octanol–water partition coefficient (Wildman–Crippen LogP) is 3.24. The topological polar surface area (TPSA) is 116 Å². The first-order chi connectivity index (χ1) is 13.4. The fourth-order valence-corrected chi connectivity index (χ4v) is 5.30. The van der Waals surface area contributed by atoms with E-state index < -0.39 is 44.9 Å². The van der Waals surface area contributed by atoms with Gasteiger partial charge in [0, 0.05) is 0 Å². The van der Waals surface area contributed by atoms with Gasteiger partial charge in [-0.25, -0.2) is 0 Å². The zero-order valence-electron chi connectivity index (χ0n) is 17.8. The van der Waals surface area contributed by atoms with Gasteiger partial charge in [0.2, 0.25) is 0 Å². The molecule has 2 aliphatic rings. The lowest BCUT2D eigenvalue weighted by Gasteiger charge is -2.41. The molecule has 0 bridgehead atoms. The molecule has 9 heteroatoms. The van der Waals surface area contributed by atoms with Crippen molar-refractivity contribution in [2.45, 2.75) is 102 Å². The minimum atomic E-state index is -4.45. The molecular weight excluding hydrogens is 400 g/mol. The van der Waals surface area contributed by atoms with E-state index in [-0.39, 0.29) is 44.3 Å². The summed E-state index contributed by atoms with van der Waals surface area (Å²) < 4.78 is 50.8. The maximum Gasteiger partial charge on any atom is 0.309 e. The number of rotatable bonds is 7. The van der Waals surface area contributed by atoms with E-state index in [4.69, 9.17) is 14.2 Å². The molecule has 2 unspecified atom stereocenters. The van der Waals surface area contributed by atoms with Crippen LogP contribution in [0.2, 0.25) is 0 Å². The van der Waals surface area contributed by atoms with Gasteiger partial charge in [-0.2, -0.15) is 8.42 Å². The lowest BCUT2D eigenvalue weighted by atomic mass is 9.79. The number of hydrogen-bond acceptors (Lipinski definition) is 7. The van der Waals surface area contributed by atoms with Crippen LogP contribution >= 0.6 is 0 Å². The SMILES string of the molecule is CC(C)OC(=O)C1CC(OC2(S(=O)(=O)O)CCCCC2)CC(C(=O)OC(C)C)C1. The summed E-state index contributed by atoms with van der Waals surface area (Å²) in [5.41, 5.74) is 0. The Labute approximate surface area is 173 Å². The predicted molar refractivity (Wildman–Crippen MR) is 106 cm³/mol. The van der Waals surface area contributed by atoms with E-state index in [2.05, 4.69) is 0 Å². The average Bonchev–Trinajstić information content (AvgIpc) is 2.60. The van der Waals surface area contributed by atoms with Crippen molar-refractivity contribution in [1.82, 2.24) is 0 Å². The molecule has 0 amide bonds. The highest BCUT2D eigenvalue weighted by molar-refractivity contribution is 7.87. The third-order valence-electron chi connectivity index (χ3n) is 5.50. The van der Waals surface area contributed by atoms with Gasteiger partial charge in [-0.15, -0.1) is 0 Å². The summed E-state index contributed by atoms with van der Waals surface area (Å²) >= 11 is 0. The van der Waals surface area contributed by atoms with E-state index in [1.807, 2.05) is 0 Å². The van der Waals surface area contributed by atoms with Crippen molar-refractivity contribution < 1.29 is 36.8 Å². The van der Waals surface area contributed by atoms with Crippen LogP contribution in [0.1, 0.15) is 79.1 Å². The van der Waals surface area contributed by atoms with Gasteiger partial charge in [0.05, 0.1) is 30.1 Å². The first-order valence-corrected chi connectivity index (χ1v) is 11.9. The summed E-state index contributed by atoms with van der Waals surface area (Å²) in [4.78, 5) is 23.4. The van der Waals surface area contributed by atoms with Crippen LogP contribution in [0, 0.1) is 11.8 Å². The molecule has 0 saturated heterocycles. The molecule has 0 heterocycles. The fourth-order valence-electron chi connectivity index (χ4n) is 4.24. The summed E-state index contributed by atoms with van der Waals surface area (Å²) in [5, 5.41) is 0. The maximum absolute atomic E-state index is 12.5. The Morgan fingerprint density at radius 2 is 1.31 bits per heavy atom. The highest BCUT2D eigenvalue weighted by atomic mass is 32.2. The van der Waals surface area contributed by atoms with Gasteiger partial charge >= 0.3 is 11.9 Å². The maximum atomic E-state index is 12.5. The van der Waals surface area contributed by atoms with Crippen LogP contribution in [-0.4, -0.2) is 48.2 Å². The Kier molecular flexibility index (Phi) is 8.09. The number of carbonyl (C=O) groups is 2. The van der Waals surface area contributed by atoms with E-state index >= 15 is 0 Å². The molecule has 2 saturated carbocycles. The second kappa shape index (κ2) is 9.75. The normalized spacial score (nSPS) is 27.6. The van der Waals surface area contributed by atoms with Crippen molar-refractivity contribution in [2.24, 2.45) is 11.8 Å². The first kappa shape index (κ1) is 24.1. The number of esters is 2. The molecule has 0 radical (unpaired) electrons. The molecule has 2 aliphatic carbocycles. The quantitative estimate of drug-likeness (QED) is 0.479. The smallest absolute Gasteiger partial charge is 0.309 e. The Balaban J connectivity index is 2.23. The fraction of sp³-hybridized carbons (Fsp3) is 0.900. The Morgan fingerprint density at radius 3 is 1.69 bits per heavy atom. The van der Waals surface area contributed by atoms with Gasteiger partial charge in [-0.05, 0) is 72.6 Å². The number of ether oxygens (including phenoxy) is 3. The van der Waals surface area contributed by atoms with Crippen LogP contribution in [0.25, 0.3) is 0 Å². The summed E-state index contributed by atoms with van der Waals surface area (Å²) in [6.07, 6.45) is 2.03. The average molecular weight is 435 g/mol. The molecule has 2 fully saturated rings. The van der Waals surface area contributed by atoms with Gasteiger partial charge in [0.15, 0.2) is 4.93 Å². The molecule has 0 aliphatic heterocycles. The highest BCUT2D eigenvalue weighted by Gasteiger charge is 2.49. The third kappa shape index (κ3) is 6.39. The van der Waals surface area contributed by atoms with E-state index in [0.717, 1.165) is 6.42 Å². The van der Waals surface area contributed by atoms with Gasteiger partial charge < -0.3 is 14.2 Å². The van der Waals surface area contributed by atoms with Crippen molar-refractivity contribution in [3.63, 3.8) is 0 Å². The van der Waals surface area contributed by atoms with E-state index in [0.29, 0.717) is 12.8 Å². The minimum Gasteiger partial charge on any atom is -0.463 e. The summed E-state index contributed by atoms with van der Waals surface area (Å²) in [6, 6.07) is 0. The van der Waals surface area contributed by atoms with Gasteiger partial charge in [-0.3, -0.25) is 14.1 Å². The number of hydrogen-bond donors (Lipinski definition) is 1. The highest BCUT2D eigenvalue weighted by Crippen LogP contribution is 2.41. The number of carbonyl (C=O) groups excluding carboxylic acids is 2. The van der Waals surface area contributed by atoms with Crippen molar-refractivity contribution in [3.8, 4) is 0 Å². The molecule has 8 nitrogen and oxygen atoms in total. The molecule has 1 N–H and O–H groups in total. The lowest BCUT2D eigenvalue weighted by molar-refractivity contribution is -0.166. The molecule has 0 aromatic carbocycles. The van der Waals surface area contributed by atoms with Crippen molar-refractivity contribution >= 4 is 22.1 Å². The third-order valence-corrected chi connectivity index (χ3v) is 6.95. The van der Waals surface area contributed by atoms with E-state index in [9.17, 15) is 22.6 Å². The monoisotopic (exact) mass is 434 g/mol. The van der Waals surface area contributed by atoms with Crippen LogP contribution in [0.3, 0.4) is 0 Å². The molecule has 0 aromatic rings. The Bertz CT molecular complexity index is 649. The van der Waals surface area contributed by atoms with Gasteiger partial charge in [-0.1, -0.05) is 6.42 Å². The standard InChI is InChI=1S/C20H34O8S/c1-13(2)26-18(21)15-10-16(19(22)27-14(3)4)12-17(11-15)28-20(29(23,24)25)8-6-5-7-9-20/h13-17H,5-12H2,1-4H3,(H,23,24,25).